The predicted octanol–water partition coefficient (Wildman–Crippen LogP) is 2.07. The van der Waals surface area contributed by atoms with Crippen LogP contribution in [0.3, 0.4) is 0 Å². The summed E-state index contributed by atoms with van der Waals surface area (Å²) in [6, 6.07) is 4.29. The quantitative estimate of drug-likeness (QED) is 0.838. The average Bonchev–Trinajstić information content (AvgIpc) is 2.47. The molecule has 0 saturated carbocycles. The molecule has 1 aliphatic heterocycles. The number of halogens is 1. The Morgan fingerprint density at radius 2 is 2.33 bits per heavy atom. The molecule has 1 aromatic rings. The summed E-state index contributed by atoms with van der Waals surface area (Å²) in [5.74, 6) is 4.17. The second-order valence-corrected chi connectivity index (χ2v) is 4.90. The molecule has 1 saturated heterocycles. The molecule has 0 bridgehead atoms. The summed E-state index contributed by atoms with van der Waals surface area (Å²) >= 11 is 0. The Balaban J connectivity index is 1.92. The summed E-state index contributed by atoms with van der Waals surface area (Å²) in [5.41, 5.74) is 0.584. The fraction of sp³-hybridized carbons (Fsp3) is 0.438. The lowest BCUT2D eigenvalue weighted by molar-refractivity contribution is -0.119. The van der Waals surface area contributed by atoms with Gasteiger partial charge in [-0.1, -0.05) is 11.8 Å². The van der Waals surface area contributed by atoms with E-state index in [0.29, 0.717) is 12.3 Å². The van der Waals surface area contributed by atoms with E-state index in [0.717, 1.165) is 19.3 Å². The molecule has 5 heteroatoms. The highest BCUT2D eigenvalue weighted by atomic mass is 19.1. The van der Waals surface area contributed by atoms with Gasteiger partial charge in [-0.3, -0.25) is 4.79 Å². The summed E-state index contributed by atoms with van der Waals surface area (Å²) in [5, 5.41) is 11.2. The molecule has 2 N–H and O–H groups in total. The Hall–Kier alpha value is -1.90. The molecule has 112 valence electrons. The van der Waals surface area contributed by atoms with Crippen molar-refractivity contribution in [1.82, 2.24) is 0 Å². The summed E-state index contributed by atoms with van der Waals surface area (Å²) in [4.78, 5) is 11.9. The van der Waals surface area contributed by atoms with Gasteiger partial charge < -0.3 is 15.2 Å². The third-order valence-electron chi connectivity index (χ3n) is 3.24. The molecule has 1 aliphatic rings. The van der Waals surface area contributed by atoms with Crippen molar-refractivity contribution in [2.75, 3.05) is 18.5 Å². The maximum absolute atomic E-state index is 13.7. The van der Waals surface area contributed by atoms with Crippen LogP contribution in [-0.4, -0.2) is 30.3 Å². The summed E-state index contributed by atoms with van der Waals surface area (Å²) in [6.07, 6.45) is 3.24. The largest absolute Gasteiger partial charge is 0.384 e. The van der Waals surface area contributed by atoms with Crippen LogP contribution in [0.25, 0.3) is 0 Å². The number of amides is 1. The molecule has 4 nitrogen and oxygen atoms in total. The van der Waals surface area contributed by atoms with Gasteiger partial charge in [-0.05, 0) is 37.5 Å². The third-order valence-corrected chi connectivity index (χ3v) is 3.24. The van der Waals surface area contributed by atoms with Crippen LogP contribution in [-0.2, 0) is 9.53 Å². The number of aliphatic hydroxyl groups is 1. The molecule has 21 heavy (non-hydrogen) atoms. The van der Waals surface area contributed by atoms with E-state index in [1.165, 1.54) is 12.1 Å². The number of anilines is 1. The number of hydrogen-bond donors (Lipinski definition) is 2. The van der Waals surface area contributed by atoms with E-state index in [2.05, 4.69) is 17.2 Å². The van der Waals surface area contributed by atoms with Crippen LogP contribution in [0.15, 0.2) is 18.2 Å². The van der Waals surface area contributed by atoms with Crippen LogP contribution >= 0.6 is 0 Å². The molecule has 1 unspecified atom stereocenters. The van der Waals surface area contributed by atoms with Gasteiger partial charge in [0, 0.05) is 12.3 Å². The van der Waals surface area contributed by atoms with Crippen molar-refractivity contribution in [3.63, 3.8) is 0 Å². The number of hydrogen-bond acceptors (Lipinski definition) is 3. The number of carbonyl (C=O) groups excluding carboxylic acids is 1. The van der Waals surface area contributed by atoms with Gasteiger partial charge in [-0.15, -0.1) is 0 Å². The maximum Gasteiger partial charge on any atom is 0.226 e. The number of nitrogens with one attached hydrogen (secondary N) is 1. The fourth-order valence-corrected chi connectivity index (χ4v) is 2.22. The minimum atomic E-state index is -0.525. The standard InChI is InChI=1S/C16H18FNO3/c17-15-10-13(7-6-12(15)4-3-8-19)18-16(20)11-14-5-1-2-9-21-14/h6-7,10,14,19H,1-2,5,8-9,11H2,(H,18,20). The van der Waals surface area contributed by atoms with Crippen molar-refractivity contribution in [3.8, 4) is 11.8 Å². The molecule has 0 aromatic heterocycles. The third kappa shape index (κ3) is 4.85. The molecule has 1 heterocycles. The maximum atomic E-state index is 13.7. The van der Waals surface area contributed by atoms with Crippen molar-refractivity contribution in [2.45, 2.75) is 31.8 Å². The second-order valence-electron chi connectivity index (χ2n) is 4.90. The molecular weight excluding hydrogens is 273 g/mol. The second kappa shape index (κ2) is 7.77. The molecule has 0 radical (unpaired) electrons. The Morgan fingerprint density at radius 3 is 3.00 bits per heavy atom. The molecule has 1 atom stereocenters. The van der Waals surface area contributed by atoms with E-state index in [1.54, 1.807) is 6.07 Å². The van der Waals surface area contributed by atoms with E-state index >= 15 is 0 Å². The molecule has 2 rings (SSSR count). The molecule has 1 fully saturated rings. The zero-order chi connectivity index (χ0) is 15.1. The summed E-state index contributed by atoms with van der Waals surface area (Å²) in [7, 11) is 0. The Bertz CT molecular complexity index is 556. The van der Waals surface area contributed by atoms with Gasteiger partial charge in [-0.2, -0.15) is 0 Å². The van der Waals surface area contributed by atoms with Crippen LogP contribution in [0, 0.1) is 17.7 Å². The predicted molar refractivity (Wildman–Crippen MR) is 77.2 cm³/mol. The highest BCUT2D eigenvalue weighted by molar-refractivity contribution is 5.91. The van der Waals surface area contributed by atoms with Gasteiger partial charge in [0.1, 0.15) is 12.4 Å². The van der Waals surface area contributed by atoms with Crippen molar-refractivity contribution in [2.24, 2.45) is 0 Å². The van der Waals surface area contributed by atoms with Crippen molar-refractivity contribution in [1.29, 1.82) is 0 Å². The van der Waals surface area contributed by atoms with Gasteiger partial charge in [0.25, 0.3) is 0 Å². The number of ether oxygens (including phenoxy) is 1. The van der Waals surface area contributed by atoms with Gasteiger partial charge in [0.05, 0.1) is 18.1 Å². The SMILES string of the molecule is O=C(CC1CCCCO1)Nc1ccc(C#CCO)c(F)c1. The Kier molecular flexibility index (Phi) is 5.73. The summed E-state index contributed by atoms with van der Waals surface area (Å²) in [6.45, 7) is 0.379. The lowest BCUT2D eigenvalue weighted by Crippen LogP contribution is -2.25. The Labute approximate surface area is 123 Å². The fourth-order valence-electron chi connectivity index (χ4n) is 2.22. The highest BCUT2D eigenvalue weighted by Crippen LogP contribution is 2.18. The first-order valence-electron chi connectivity index (χ1n) is 7.00. The van der Waals surface area contributed by atoms with Crippen molar-refractivity contribution in [3.05, 3.63) is 29.6 Å². The van der Waals surface area contributed by atoms with Crippen LogP contribution in [0.1, 0.15) is 31.2 Å². The molecule has 0 spiro atoms. The first-order chi connectivity index (χ1) is 10.2. The normalized spacial score (nSPS) is 17.7. The van der Waals surface area contributed by atoms with Crippen molar-refractivity contribution >= 4 is 11.6 Å². The number of rotatable bonds is 3. The highest BCUT2D eigenvalue weighted by Gasteiger charge is 2.17. The number of carbonyl (C=O) groups is 1. The van der Waals surface area contributed by atoms with Crippen LogP contribution in [0.2, 0.25) is 0 Å². The minimum absolute atomic E-state index is 0.0432. The van der Waals surface area contributed by atoms with Crippen LogP contribution in [0.4, 0.5) is 10.1 Å². The van der Waals surface area contributed by atoms with Gasteiger partial charge >= 0.3 is 0 Å². The monoisotopic (exact) mass is 291 g/mol. The van der Waals surface area contributed by atoms with Crippen LogP contribution in [0.5, 0.6) is 0 Å². The lowest BCUT2D eigenvalue weighted by atomic mass is 10.1. The molecule has 1 amide bonds. The van der Waals surface area contributed by atoms with Crippen LogP contribution < -0.4 is 5.32 Å². The molecule has 1 aromatic carbocycles. The lowest BCUT2D eigenvalue weighted by Gasteiger charge is -2.21. The van der Waals surface area contributed by atoms with E-state index in [9.17, 15) is 9.18 Å². The zero-order valence-corrected chi connectivity index (χ0v) is 11.7. The topological polar surface area (TPSA) is 58.6 Å². The summed E-state index contributed by atoms with van der Waals surface area (Å²) < 4.78 is 19.2. The van der Waals surface area contributed by atoms with Gasteiger partial charge in [0.15, 0.2) is 0 Å². The number of benzene rings is 1. The molecule has 0 aliphatic carbocycles. The van der Waals surface area contributed by atoms with E-state index < -0.39 is 5.82 Å². The zero-order valence-electron chi connectivity index (χ0n) is 11.7. The average molecular weight is 291 g/mol. The van der Waals surface area contributed by atoms with E-state index in [4.69, 9.17) is 9.84 Å². The van der Waals surface area contributed by atoms with E-state index in [1.807, 2.05) is 0 Å². The Morgan fingerprint density at radius 1 is 1.48 bits per heavy atom. The first kappa shape index (κ1) is 15.5. The number of aliphatic hydroxyl groups excluding tert-OH is 1. The van der Waals surface area contributed by atoms with Crippen molar-refractivity contribution < 1.29 is 19.0 Å². The molecular formula is C16H18FNO3. The smallest absolute Gasteiger partial charge is 0.226 e. The first-order valence-corrected chi connectivity index (χ1v) is 7.00. The van der Waals surface area contributed by atoms with E-state index in [-0.39, 0.29) is 30.6 Å². The minimum Gasteiger partial charge on any atom is -0.384 e. The van der Waals surface area contributed by atoms with Gasteiger partial charge in [-0.25, -0.2) is 4.39 Å². The van der Waals surface area contributed by atoms with Gasteiger partial charge in [0.2, 0.25) is 5.91 Å².